The molecule has 15 heavy (non-hydrogen) atoms. The van der Waals surface area contributed by atoms with Gasteiger partial charge in [0.05, 0.1) is 4.47 Å². The average molecular weight is 275 g/mol. The summed E-state index contributed by atoms with van der Waals surface area (Å²) >= 11 is 3.17. The van der Waals surface area contributed by atoms with Crippen LogP contribution in [0.5, 0.6) is 0 Å². The van der Waals surface area contributed by atoms with E-state index in [4.69, 9.17) is 5.73 Å². The number of hydrogen-bond donors (Lipinski definition) is 1. The van der Waals surface area contributed by atoms with E-state index in [1.165, 1.54) is 6.07 Å². The molecule has 0 aliphatic heterocycles. The van der Waals surface area contributed by atoms with Crippen molar-refractivity contribution in [3.8, 4) is 0 Å². The van der Waals surface area contributed by atoms with E-state index in [9.17, 15) is 4.39 Å². The molecule has 2 nitrogen and oxygen atoms in total. The molecule has 0 heterocycles. The maximum atomic E-state index is 13.0. The van der Waals surface area contributed by atoms with E-state index < -0.39 is 0 Å². The summed E-state index contributed by atoms with van der Waals surface area (Å²) in [6.45, 7) is 3.47. The first-order chi connectivity index (χ1) is 7.04. The molecule has 0 aliphatic carbocycles. The Kier molecular flexibility index (Phi) is 4.70. The minimum Gasteiger partial charge on any atom is -0.329 e. The van der Waals surface area contributed by atoms with Gasteiger partial charge in [-0.05, 0) is 47.6 Å². The minimum atomic E-state index is -0.228. The number of benzene rings is 1. The maximum Gasteiger partial charge on any atom is 0.137 e. The summed E-state index contributed by atoms with van der Waals surface area (Å²) in [5.41, 5.74) is 6.64. The van der Waals surface area contributed by atoms with Gasteiger partial charge in [-0.2, -0.15) is 0 Å². The molecule has 0 amide bonds. The Balaban J connectivity index is 2.68. The van der Waals surface area contributed by atoms with Crippen LogP contribution in [0.15, 0.2) is 22.7 Å². The molecule has 0 fully saturated rings. The fourth-order valence-corrected chi connectivity index (χ4v) is 1.69. The molecule has 1 aromatic carbocycles. The topological polar surface area (TPSA) is 29.3 Å². The third kappa shape index (κ3) is 3.55. The first kappa shape index (κ1) is 12.6. The van der Waals surface area contributed by atoms with Crippen LogP contribution in [0, 0.1) is 5.82 Å². The number of rotatable bonds is 4. The van der Waals surface area contributed by atoms with Gasteiger partial charge in [-0.25, -0.2) is 4.39 Å². The van der Waals surface area contributed by atoms with Crippen molar-refractivity contribution in [3.05, 3.63) is 34.1 Å². The molecule has 0 radical (unpaired) electrons. The van der Waals surface area contributed by atoms with Crippen LogP contribution in [0.1, 0.15) is 12.5 Å². The number of halogens is 2. The van der Waals surface area contributed by atoms with Gasteiger partial charge in [0.25, 0.3) is 0 Å². The maximum absolute atomic E-state index is 13.0. The first-order valence-electron chi connectivity index (χ1n) is 4.89. The Labute approximate surface area is 98.4 Å². The van der Waals surface area contributed by atoms with Crippen LogP contribution in [-0.4, -0.2) is 24.5 Å². The highest BCUT2D eigenvalue weighted by atomic mass is 79.9. The van der Waals surface area contributed by atoms with Crippen LogP contribution in [0.4, 0.5) is 4.39 Å². The second-order valence-corrected chi connectivity index (χ2v) is 4.60. The normalized spacial score (nSPS) is 13.2. The number of likely N-dealkylation sites (N-methyl/N-ethyl adjacent to an activating group) is 1. The van der Waals surface area contributed by atoms with Gasteiger partial charge in [-0.15, -0.1) is 0 Å². The lowest BCUT2D eigenvalue weighted by molar-refractivity contribution is 0.254. The highest BCUT2D eigenvalue weighted by molar-refractivity contribution is 9.10. The second-order valence-electron chi connectivity index (χ2n) is 3.75. The van der Waals surface area contributed by atoms with E-state index in [1.807, 2.05) is 7.05 Å². The predicted molar refractivity (Wildman–Crippen MR) is 64.1 cm³/mol. The SMILES string of the molecule is CC(CN)N(C)Cc1ccc(F)c(Br)c1. The van der Waals surface area contributed by atoms with E-state index >= 15 is 0 Å². The molecule has 0 aromatic heterocycles. The molecule has 0 bridgehead atoms. The molecule has 0 saturated carbocycles. The van der Waals surface area contributed by atoms with Crippen LogP contribution < -0.4 is 5.73 Å². The number of hydrogen-bond acceptors (Lipinski definition) is 2. The molecule has 4 heteroatoms. The van der Waals surface area contributed by atoms with Crippen molar-refractivity contribution in [2.45, 2.75) is 19.5 Å². The zero-order valence-electron chi connectivity index (χ0n) is 9.00. The van der Waals surface area contributed by atoms with Crippen LogP contribution in [0.25, 0.3) is 0 Å². The van der Waals surface area contributed by atoms with Crippen molar-refractivity contribution in [1.82, 2.24) is 4.90 Å². The summed E-state index contributed by atoms with van der Waals surface area (Å²) in [6.07, 6.45) is 0. The lowest BCUT2D eigenvalue weighted by Crippen LogP contribution is -2.34. The first-order valence-corrected chi connectivity index (χ1v) is 5.68. The Morgan fingerprint density at radius 3 is 2.73 bits per heavy atom. The van der Waals surface area contributed by atoms with E-state index in [0.29, 0.717) is 17.1 Å². The van der Waals surface area contributed by atoms with Crippen molar-refractivity contribution in [3.63, 3.8) is 0 Å². The highest BCUT2D eigenvalue weighted by Gasteiger charge is 2.08. The summed E-state index contributed by atoms with van der Waals surface area (Å²) in [5, 5.41) is 0. The molecule has 0 spiro atoms. The van der Waals surface area contributed by atoms with Crippen LogP contribution in [0.2, 0.25) is 0 Å². The molecule has 0 aliphatic rings. The van der Waals surface area contributed by atoms with E-state index in [0.717, 1.165) is 12.1 Å². The van der Waals surface area contributed by atoms with Crippen molar-refractivity contribution < 1.29 is 4.39 Å². The Morgan fingerprint density at radius 1 is 1.53 bits per heavy atom. The van der Waals surface area contributed by atoms with E-state index in [2.05, 4.69) is 27.8 Å². The Morgan fingerprint density at radius 2 is 2.20 bits per heavy atom. The molecule has 1 aromatic rings. The van der Waals surface area contributed by atoms with Crippen molar-refractivity contribution in [2.75, 3.05) is 13.6 Å². The predicted octanol–water partition coefficient (Wildman–Crippen LogP) is 2.37. The van der Waals surface area contributed by atoms with Crippen molar-refractivity contribution in [1.29, 1.82) is 0 Å². The summed E-state index contributed by atoms with van der Waals surface area (Å²) in [5.74, 6) is -0.228. The smallest absolute Gasteiger partial charge is 0.137 e. The highest BCUT2D eigenvalue weighted by Crippen LogP contribution is 2.18. The minimum absolute atomic E-state index is 0.228. The van der Waals surface area contributed by atoms with Crippen LogP contribution >= 0.6 is 15.9 Å². The van der Waals surface area contributed by atoms with Gasteiger partial charge in [0.15, 0.2) is 0 Å². The Hall–Kier alpha value is -0.450. The molecule has 84 valence electrons. The number of nitrogens with two attached hydrogens (primary N) is 1. The fourth-order valence-electron chi connectivity index (χ4n) is 1.26. The quantitative estimate of drug-likeness (QED) is 0.914. The van der Waals surface area contributed by atoms with E-state index in [1.54, 1.807) is 12.1 Å². The summed E-state index contributed by atoms with van der Waals surface area (Å²) in [6, 6.07) is 5.39. The van der Waals surface area contributed by atoms with Gasteiger partial charge in [0.2, 0.25) is 0 Å². The lowest BCUT2D eigenvalue weighted by atomic mass is 10.2. The van der Waals surface area contributed by atoms with Crippen LogP contribution in [0.3, 0.4) is 0 Å². The molecular formula is C11H16BrFN2. The average Bonchev–Trinajstić information content (AvgIpc) is 2.22. The standard InChI is InChI=1S/C11H16BrFN2/c1-8(6-14)15(2)7-9-3-4-11(13)10(12)5-9/h3-5,8H,6-7,14H2,1-2H3. The summed E-state index contributed by atoms with van der Waals surface area (Å²) in [4.78, 5) is 2.14. The lowest BCUT2D eigenvalue weighted by Gasteiger charge is -2.23. The number of nitrogens with zero attached hydrogens (tertiary/aromatic N) is 1. The summed E-state index contributed by atoms with van der Waals surface area (Å²) in [7, 11) is 2.01. The molecular weight excluding hydrogens is 259 g/mol. The zero-order valence-corrected chi connectivity index (χ0v) is 10.6. The molecule has 1 rings (SSSR count). The van der Waals surface area contributed by atoms with Gasteiger partial charge in [0, 0.05) is 19.1 Å². The fraction of sp³-hybridized carbons (Fsp3) is 0.455. The third-order valence-corrected chi connectivity index (χ3v) is 3.12. The van der Waals surface area contributed by atoms with E-state index in [-0.39, 0.29) is 5.82 Å². The van der Waals surface area contributed by atoms with Gasteiger partial charge < -0.3 is 5.73 Å². The zero-order chi connectivity index (χ0) is 11.4. The largest absolute Gasteiger partial charge is 0.329 e. The van der Waals surface area contributed by atoms with Crippen molar-refractivity contribution in [2.24, 2.45) is 5.73 Å². The van der Waals surface area contributed by atoms with Gasteiger partial charge in [-0.3, -0.25) is 4.90 Å². The van der Waals surface area contributed by atoms with Gasteiger partial charge in [0.1, 0.15) is 5.82 Å². The van der Waals surface area contributed by atoms with Gasteiger partial charge in [-0.1, -0.05) is 6.07 Å². The molecule has 2 N–H and O–H groups in total. The molecule has 1 atom stereocenters. The molecule has 0 saturated heterocycles. The second kappa shape index (κ2) is 5.58. The third-order valence-electron chi connectivity index (χ3n) is 2.51. The summed E-state index contributed by atoms with van der Waals surface area (Å²) < 4.78 is 13.5. The molecule has 1 unspecified atom stereocenters. The Bertz CT molecular complexity index is 330. The monoisotopic (exact) mass is 274 g/mol. The van der Waals surface area contributed by atoms with Gasteiger partial charge >= 0.3 is 0 Å². The van der Waals surface area contributed by atoms with Crippen LogP contribution in [-0.2, 0) is 6.54 Å². The van der Waals surface area contributed by atoms with Crippen molar-refractivity contribution >= 4 is 15.9 Å².